The number of nitrogens with zero attached hydrogens (tertiary/aromatic N) is 1. The summed E-state index contributed by atoms with van der Waals surface area (Å²) in [5.41, 5.74) is 0.257. The maximum atomic E-state index is 5.67. The fraction of sp³-hybridized carbons (Fsp3) is 0.929. The SMILES string of the molecule is CCOC(C)(C)CNC1=NCC(CC(C)(C)C)S1. The van der Waals surface area contributed by atoms with E-state index in [-0.39, 0.29) is 5.60 Å². The summed E-state index contributed by atoms with van der Waals surface area (Å²) >= 11 is 1.88. The van der Waals surface area contributed by atoms with Crippen molar-refractivity contribution < 1.29 is 4.74 Å². The average Bonchev–Trinajstić information content (AvgIpc) is 2.60. The predicted octanol–water partition coefficient (Wildman–Crippen LogP) is 3.30. The minimum absolute atomic E-state index is 0.125. The molecular formula is C14H28N2OS. The molecule has 18 heavy (non-hydrogen) atoms. The van der Waals surface area contributed by atoms with E-state index in [1.807, 2.05) is 18.7 Å². The lowest BCUT2D eigenvalue weighted by molar-refractivity contribution is -0.00556. The molecule has 4 heteroatoms. The number of aliphatic imine (C=N–C) groups is 1. The van der Waals surface area contributed by atoms with Crippen LogP contribution in [0, 0.1) is 5.41 Å². The lowest BCUT2D eigenvalue weighted by Gasteiger charge is -2.25. The second-order valence-electron chi connectivity index (χ2n) is 6.70. The Labute approximate surface area is 116 Å². The first-order chi connectivity index (χ1) is 8.22. The van der Waals surface area contributed by atoms with Gasteiger partial charge in [0.25, 0.3) is 0 Å². The van der Waals surface area contributed by atoms with Crippen molar-refractivity contribution in [2.75, 3.05) is 19.7 Å². The molecule has 1 atom stereocenters. The van der Waals surface area contributed by atoms with Crippen molar-refractivity contribution in [3.05, 3.63) is 0 Å². The van der Waals surface area contributed by atoms with Gasteiger partial charge in [-0.15, -0.1) is 0 Å². The average molecular weight is 272 g/mol. The van der Waals surface area contributed by atoms with Crippen LogP contribution in [0.15, 0.2) is 4.99 Å². The Kier molecular flexibility index (Phi) is 5.53. The molecule has 1 aliphatic heterocycles. The van der Waals surface area contributed by atoms with Crippen LogP contribution in [-0.2, 0) is 4.74 Å². The smallest absolute Gasteiger partial charge is 0.157 e. The molecule has 1 aliphatic rings. The van der Waals surface area contributed by atoms with E-state index in [1.54, 1.807) is 0 Å². The minimum atomic E-state index is -0.125. The van der Waals surface area contributed by atoms with Crippen LogP contribution in [0.2, 0.25) is 0 Å². The number of hydrogen-bond acceptors (Lipinski definition) is 4. The fourth-order valence-corrected chi connectivity index (χ4v) is 3.39. The van der Waals surface area contributed by atoms with Crippen molar-refractivity contribution in [3.8, 4) is 0 Å². The Hall–Kier alpha value is -0.220. The van der Waals surface area contributed by atoms with Gasteiger partial charge < -0.3 is 10.1 Å². The standard InChI is InChI=1S/C14H28N2OS/c1-7-17-14(5,6)10-16-12-15-9-11(18-12)8-13(2,3)4/h11H,7-10H2,1-6H3,(H,15,16). The summed E-state index contributed by atoms with van der Waals surface area (Å²) in [5.74, 6) is 0. The van der Waals surface area contributed by atoms with Gasteiger partial charge in [-0.2, -0.15) is 0 Å². The summed E-state index contributed by atoms with van der Waals surface area (Å²) in [5, 5.41) is 5.12. The molecule has 0 aliphatic carbocycles. The van der Waals surface area contributed by atoms with E-state index in [2.05, 4.69) is 44.9 Å². The number of thioether (sulfide) groups is 1. The topological polar surface area (TPSA) is 33.6 Å². The Morgan fingerprint density at radius 2 is 2.00 bits per heavy atom. The third-order valence-electron chi connectivity index (χ3n) is 2.76. The van der Waals surface area contributed by atoms with Gasteiger partial charge in [-0.25, -0.2) is 0 Å². The Morgan fingerprint density at radius 3 is 2.56 bits per heavy atom. The summed E-state index contributed by atoms with van der Waals surface area (Å²) in [6, 6.07) is 0. The summed E-state index contributed by atoms with van der Waals surface area (Å²) in [4.78, 5) is 4.58. The summed E-state index contributed by atoms with van der Waals surface area (Å²) in [6.07, 6.45) is 1.21. The number of ether oxygens (including phenoxy) is 1. The van der Waals surface area contributed by atoms with Crippen LogP contribution in [0.4, 0.5) is 0 Å². The molecule has 0 spiro atoms. The number of rotatable bonds is 5. The van der Waals surface area contributed by atoms with Gasteiger partial charge >= 0.3 is 0 Å². The Morgan fingerprint density at radius 1 is 1.33 bits per heavy atom. The first-order valence-electron chi connectivity index (χ1n) is 6.81. The highest BCUT2D eigenvalue weighted by Gasteiger charge is 2.26. The van der Waals surface area contributed by atoms with Gasteiger partial charge in [-0.05, 0) is 32.6 Å². The first-order valence-corrected chi connectivity index (χ1v) is 7.69. The van der Waals surface area contributed by atoms with Gasteiger partial charge in [0.1, 0.15) is 0 Å². The number of amidine groups is 1. The maximum Gasteiger partial charge on any atom is 0.157 e. The first kappa shape index (κ1) is 15.8. The van der Waals surface area contributed by atoms with Crippen LogP contribution in [0.3, 0.4) is 0 Å². The molecule has 1 rings (SSSR count). The van der Waals surface area contributed by atoms with E-state index >= 15 is 0 Å². The molecule has 0 bridgehead atoms. The third-order valence-corrected chi connectivity index (χ3v) is 3.90. The van der Waals surface area contributed by atoms with Gasteiger partial charge in [-0.1, -0.05) is 32.5 Å². The van der Waals surface area contributed by atoms with Crippen LogP contribution < -0.4 is 5.32 Å². The van der Waals surface area contributed by atoms with E-state index < -0.39 is 0 Å². The van der Waals surface area contributed by atoms with Crippen molar-refractivity contribution in [1.82, 2.24) is 5.32 Å². The molecule has 106 valence electrons. The van der Waals surface area contributed by atoms with Crippen molar-refractivity contribution in [3.63, 3.8) is 0 Å². The molecular weight excluding hydrogens is 244 g/mol. The minimum Gasteiger partial charge on any atom is -0.374 e. The molecule has 0 fully saturated rings. The van der Waals surface area contributed by atoms with Crippen LogP contribution in [0.5, 0.6) is 0 Å². The highest BCUT2D eigenvalue weighted by atomic mass is 32.2. The van der Waals surface area contributed by atoms with Gasteiger partial charge in [0, 0.05) is 18.4 Å². The molecule has 3 nitrogen and oxygen atoms in total. The van der Waals surface area contributed by atoms with Crippen molar-refractivity contribution in [2.45, 2.75) is 58.8 Å². The number of nitrogens with one attached hydrogen (secondary N) is 1. The quantitative estimate of drug-likeness (QED) is 0.833. The van der Waals surface area contributed by atoms with Crippen molar-refractivity contribution >= 4 is 16.9 Å². The molecule has 0 saturated carbocycles. The second kappa shape index (κ2) is 6.29. The molecule has 1 unspecified atom stereocenters. The highest BCUT2D eigenvalue weighted by molar-refractivity contribution is 8.14. The van der Waals surface area contributed by atoms with E-state index in [1.165, 1.54) is 6.42 Å². The van der Waals surface area contributed by atoms with Gasteiger partial charge in [0.2, 0.25) is 0 Å². The van der Waals surface area contributed by atoms with Crippen LogP contribution in [0.1, 0.15) is 48.0 Å². The molecule has 0 amide bonds. The largest absolute Gasteiger partial charge is 0.374 e. The summed E-state index contributed by atoms with van der Waals surface area (Å²) in [6.45, 7) is 15.6. The second-order valence-corrected chi connectivity index (χ2v) is 7.99. The molecule has 0 aromatic rings. The Bertz CT molecular complexity index is 295. The van der Waals surface area contributed by atoms with Gasteiger partial charge in [-0.3, -0.25) is 4.99 Å². The number of hydrogen-bond donors (Lipinski definition) is 1. The molecule has 1 N–H and O–H groups in total. The van der Waals surface area contributed by atoms with Crippen LogP contribution >= 0.6 is 11.8 Å². The summed E-state index contributed by atoms with van der Waals surface area (Å²) in [7, 11) is 0. The van der Waals surface area contributed by atoms with E-state index in [4.69, 9.17) is 4.74 Å². The van der Waals surface area contributed by atoms with Crippen molar-refractivity contribution in [1.29, 1.82) is 0 Å². The zero-order chi connectivity index (χ0) is 13.8. The zero-order valence-electron chi connectivity index (χ0n) is 12.7. The van der Waals surface area contributed by atoms with E-state index in [0.717, 1.165) is 24.9 Å². The highest BCUT2D eigenvalue weighted by Crippen LogP contribution is 2.31. The maximum absolute atomic E-state index is 5.67. The molecule has 1 heterocycles. The van der Waals surface area contributed by atoms with Crippen molar-refractivity contribution in [2.24, 2.45) is 10.4 Å². The molecule has 0 saturated heterocycles. The van der Waals surface area contributed by atoms with Gasteiger partial charge in [0.05, 0.1) is 12.1 Å². The summed E-state index contributed by atoms with van der Waals surface area (Å²) < 4.78 is 5.67. The van der Waals surface area contributed by atoms with Crippen LogP contribution in [-0.4, -0.2) is 35.7 Å². The molecule has 0 aromatic heterocycles. The lowest BCUT2D eigenvalue weighted by atomic mass is 9.90. The van der Waals surface area contributed by atoms with E-state index in [9.17, 15) is 0 Å². The molecule has 0 radical (unpaired) electrons. The monoisotopic (exact) mass is 272 g/mol. The van der Waals surface area contributed by atoms with Crippen LogP contribution in [0.25, 0.3) is 0 Å². The van der Waals surface area contributed by atoms with E-state index in [0.29, 0.717) is 10.7 Å². The zero-order valence-corrected chi connectivity index (χ0v) is 13.5. The lowest BCUT2D eigenvalue weighted by Crippen LogP contribution is -2.39. The third kappa shape index (κ3) is 6.10. The Balaban J connectivity index is 2.30. The normalized spacial score (nSPS) is 21.0. The molecule has 0 aromatic carbocycles. The fourth-order valence-electron chi connectivity index (χ4n) is 2.03. The van der Waals surface area contributed by atoms with Gasteiger partial charge in [0.15, 0.2) is 5.17 Å². The predicted molar refractivity (Wildman–Crippen MR) is 81.5 cm³/mol.